The van der Waals surface area contributed by atoms with Crippen LogP contribution in [0.4, 0.5) is 14.9 Å². The lowest BCUT2D eigenvalue weighted by Gasteiger charge is -2.36. The molecule has 6 heterocycles. The number of amides is 1. The van der Waals surface area contributed by atoms with Crippen molar-refractivity contribution < 1.29 is 13.9 Å². The molecule has 0 spiro atoms. The maximum absolute atomic E-state index is 14.6. The predicted molar refractivity (Wildman–Crippen MR) is 169 cm³/mol. The summed E-state index contributed by atoms with van der Waals surface area (Å²) in [5.41, 5.74) is 6.52. The number of H-pyrrole nitrogens is 1. The van der Waals surface area contributed by atoms with Gasteiger partial charge in [0.2, 0.25) is 0 Å². The van der Waals surface area contributed by atoms with Crippen LogP contribution >= 0.6 is 0 Å². The van der Waals surface area contributed by atoms with E-state index < -0.39 is 5.60 Å². The molecule has 8 rings (SSSR count). The highest BCUT2D eigenvalue weighted by atomic mass is 19.1. The van der Waals surface area contributed by atoms with Crippen molar-refractivity contribution >= 4 is 28.3 Å². The van der Waals surface area contributed by atoms with Gasteiger partial charge in [0.05, 0.1) is 23.5 Å². The number of pyridine rings is 1. The molecule has 0 saturated carbocycles. The first-order chi connectivity index (χ1) is 21.7. The van der Waals surface area contributed by atoms with Crippen LogP contribution in [0.2, 0.25) is 0 Å². The Balaban J connectivity index is 1.13. The van der Waals surface area contributed by atoms with E-state index >= 15 is 0 Å². The lowest BCUT2D eigenvalue weighted by Crippen LogP contribution is -2.50. The normalized spacial score (nSPS) is 18.0. The molecule has 10 nitrogen and oxygen atoms in total. The maximum Gasteiger partial charge on any atom is 0.410 e. The van der Waals surface area contributed by atoms with Gasteiger partial charge >= 0.3 is 6.09 Å². The number of benzene rings is 2. The Bertz CT molecular complexity index is 2070. The molecule has 2 saturated heterocycles. The fourth-order valence-corrected chi connectivity index (χ4v) is 6.62. The molecule has 2 bridgehead atoms. The Labute approximate surface area is 258 Å². The summed E-state index contributed by atoms with van der Waals surface area (Å²) in [6.45, 7) is 7.14. The fraction of sp³-hybridized carbons (Fsp3) is 0.265. The number of carbonyl (C=O) groups excluding carboxylic acids is 1. The Kier molecular flexibility index (Phi) is 6.12. The standard InChI is InChI=1S/C34H31FN8O2/c1-34(2,3)45-33(44)42-19-23-16-24(42)18-41(23)22-6-4-20(5-7-22)28-12-15-43-32(38-28)29(30(40-43)21-10-13-36-14-11-21)25-8-9-27(35)31-26(25)17-37-39-31/h4-15,17,23-24H,16,18-19H2,1-3H3,(H,37,39). The summed E-state index contributed by atoms with van der Waals surface area (Å²) in [5, 5.41) is 12.4. The highest BCUT2D eigenvalue weighted by molar-refractivity contribution is 6.03. The van der Waals surface area contributed by atoms with Gasteiger partial charge in [-0.25, -0.2) is 18.7 Å². The molecule has 0 aliphatic carbocycles. The largest absolute Gasteiger partial charge is 0.444 e. The van der Waals surface area contributed by atoms with Gasteiger partial charge in [0, 0.05) is 59.9 Å². The summed E-state index contributed by atoms with van der Waals surface area (Å²) in [5.74, 6) is -0.370. The van der Waals surface area contributed by atoms with Gasteiger partial charge in [-0.2, -0.15) is 10.2 Å². The van der Waals surface area contributed by atoms with Gasteiger partial charge in [-0.05, 0) is 69.2 Å². The van der Waals surface area contributed by atoms with E-state index in [2.05, 4.69) is 44.3 Å². The first-order valence-corrected chi connectivity index (χ1v) is 15.0. The molecule has 2 aromatic carbocycles. The number of carbonyl (C=O) groups is 1. The molecule has 1 N–H and O–H groups in total. The molecule has 2 unspecified atom stereocenters. The number of nitrogens with one attached hydrogen (secondary N) is 1. The van der Waals surface area contributed by atoms with Gasteiger partial charge in [0.15, 0.2) is 5.65 Å². The molecule has 4 aromatic heterocycles. The topological polar surface area (TPSA) is 105 Å². The Hall–Kier alpha value is -5.32. The van der Waals surface area contributed by atoms with Crippen molar-refractivity contribution in [1.82, 2.24) is 34.7 Å². The first kappa shape index (κ1) is 27.2. The Morgan fingerprint density at radius 2 is 1.78 bits per heavy atom. The monoisotopic (exact) mass is 602 g/mol. The van der Waals surface area contributed by atoms with Crippen molar-refractivity contribution in [3.8, 4) is 33.6 Å². The zero-order valence-corrected chi connectivity index (χ0v) is 25.1. The van der Waals surface area contributed by atoms with Gasteiger partial charge in [0.25, 0.3) is 0 Å². The van der Waals surface area contributed by atoms with E-state index in [9.17, 15) is 9.18 Å². The summed E-state index contributed by atoms with van der Waals surface area (Å²) in [4.78, 5) is 26.2. The minimum atomic E-state index is -0.506. The van der Waals surface area contributed by atoms with Crippen molar-refractivity contribution in [2.45, 2.75) is 44.9 Å². The molecular weight excluding hydrogens is 571 g/mol. The number of hydrogen-bond acceptors (Lipinski definition) is 7. The number of piperazine rings is 1. The van der Waals surface area contributed by atoms with Gasteiger partial charge in [-0.15, -0.1) is 0 Å². The molecule has 45 heavy (non-hydrogen) atoms. The molecule has 2 aliphatic heterocycles. The second kappa shape index (κ2) is 10.1. The number of hydrogen-bond donors (Lipinski definition) is 1. The van der Waals surface area contributed by atoms with Gasteiger partial charge in [-0.1, -0.05) is 18.2 Å². The lowest BCUT2D eigenvalue weighted by atomic mass is 9.98. The highest BCUT2D eigenvalue weighted by Gasteiger charge is 2.46. The number of halogens is 1. The van der Waals surface area contributed by atoms with Crippen LogP contribution < -0.4 is 4.90 Å². The van der Waals surface area contributed by atoms with Gasteiger partial charge < -0.3 is 14.5 Å². The zero-order valence-electron chi connectivity index (χ0n) is 25.1. The number of aromatic amines is 1. The van der Waals surface area contributed by atoms with Crippen molar-refractivity contribution in [2.24, 2.45) is 0 Å². The second-order valence-electron chi connectivity index (χ2n) is 12.7. The Morgan fingerprint density at radius 1 is 0.978 bits per heavy atom. The smallest absolute Gasteiger partial charge is 0.410 e. The van der Waals surface area contributed by atoms with E-state index in [0.717, 1.165) is 52.3 Å². The molecule has 6 aromatic rings. The average molecular weight is 603 g/mol. The summed E-state index contributed by atoms with van der Waals surface area (Å²) < 4.78 is 22.0. The minimum absolute atomic E-state index is 0.150. The van der Waals surface area contributed by atoms with E-state index in [4.69, 9.17) is 14.8 Å². The number of likely N-dealkylation sites (tertiary alicyclic amines) is 1. The van der Waals surface area contributed by atoms with E-state index in [1.54, 1.807) is 29.2 Å². The molecule has 11 heteroatoms. The van der Waals surface area contributed by atoms with Crippen molar-refractivity contribution in [2.75, 3.05) is 18.0 Å². The third-order valence-corrected chi connectivity index (χ3v) is 8.64. The van der Waals surface area contributed by atoms with Crippen LogP contribution in [0.25, 0.3) is 50.2 Å². The number of anilines is 1. The molecular formula is C34H31FN8O2. The highest BCUT2D eigenvalue weighted by Crippen LogP contribution is 2.40. The van der Waals surface area contributed by atoms with Crippen molar-refractivity contribution in [1.29, 1.82) is 0 Å². The number of fused-ring (bicyclic) bond motifs is 4. The number of ether oxygens (including phenoxy) is 1. The van der Waals surface area contributed by atoms with Crippen LogP contribution in [0.15, 0.2) is 79.4 Å². The van der Waals surface area contributed by atoms with Crippen molar-refractivity contribution in [3.05, 3.63) is 85.2 Å². The predicted octanol–water partition coefficient (Wildman–Crippen LogP) is 6.34. The van der Waals surface area contributed by atoms with E-state index in [1.807, 2.05) is 50.1 Å². The van der Waals surface area contributed by atoms with Gasteiger partial charge in [0.1, 0.15) is 22.6 Å². The second-order valence-corrected chi connectivity index (χ2v) is 12.7. The molecule has 226 valence electrons. The summed E-state index contributed by atoms with van der Waals surface area (Å²) in [7, 11) is 0. The summed E-state index contributed by atoms with van der Waals surface area (Å²) >= 11 is 0. The first-order valence-electron chi connectivity index (χ1n) is 15.0. The lowest BCUT2D eigenvalue weighted by molar-refractivity contribution is 0.0214. The van der Waals surface area contributed by atoms with Crippen LogP contribution in [-0.4, -0.2) is 71.5 Å². The van der Waals surface area contributed by atoms with Gasteiger partial charge in [-0.3, -0.25) is 10.1 Å². The van der Waals surface area contributed by atoms with Crippen molar-refractivity contribution in [3.63, 3.8) is 0 Å². The maximum atomic E-state index is 14.6. The third kappa shape index (κ3) is 4.66. The number of nitrogens with zero attached hydrogens (tertiary/aromatic N) is 7. The molecule has 0 radical (unpaired) electrons. The Morgan fingerprint density at radius 3 is 2.51 bits per heavy atom. The van der Waals surface area contributed by atoms with E-state index in [0.29, 0.717) is 23.1 Å². The molecule has 1 amide bonds. The van der Waals surface area contributed by atoms with Crippen LogP contribution in [0, 0.1) is 5.82 Å². The summed E-state index contributed by atoms with van der Waals surface area (Å²) in [6.07, 6.45) is 7.70. The number of aromatic nitrogens is 6. The quantitative estimate of drug-likeness (QED) is 0.251. The molecule has 2 atom stereocenters. The third-order valence-electron chi connectivity index (χ3n) is 8.64. The minimum Gasteiger partial charge on any atom is -0.444 e. The summed E-state index contributed by atoms with van der Waals surface area (Å²) in [6, 6.07) is 17.8. The van der Waals surface area contributed by atoms with Crippen LogP contribution in [0.3, 0.4) is 0 Å². The van der Waals surface area contributed by atoms with E-state index in [1.165, 1.54) is 6.07 Å². The van der Waals surface area contributed by atoms with Crippen LogP contribution in [0.5, 0.6) is 0 Å². The SMILES string of the molecule is CC(C)(C)OC(=O)N1CC2CC1CN2c1ccc(-c2ccn3nc(-c4ccncc4)c(-c4ccc(F)c5[nH]ncc45)c3n2)cc1. The molecule has 2 fully saturated rings. The van der Waals surface area contributed by atoms with E-state index in [-0.39, 0.29) is 24.0 Å². The average Bonchev–Trinajstić information content (AvgIpc) is 3.84. The van der Waals surface area contributed by atoms with Crippen LogP contribution in [-0.2, 0) is 4.74 Å². The fourth-order valence-electron chi connectivity index (χ4n) is 6.62. The van der Waals surface area contributed by atoms with Crippen LogP contribution in [0.1, 0.15) is 27.2 Å². The molecule has 2 aliphatic rings. The number of rotatable bonds is 4. The zero-order chi connectivity index (χ0) is 30.9.